The summed E-state index contributed by atoms with van der Waals surface area (Å²) in [5.41, 5.74) is 7.54. The second kappa shape index (κ2) is 7.78. The van der Waals surface area contributed by atoms with E-state index in [4.69, 9.17) is 5.73 Å². The number of carbonyl (C=O) groups is 1. The lowest BCUT2D eigenvalue weighted by molar-refractivity contribution is 0.0963. The standard InChI is InChI=1S/C22H21F2N5O/c1-13-17(14-4-2-5-15(8-14)20(25)30)11-27-21(29-13)28-12-22(9-16(23)10-22)19-18(24)6-3-7-26-19/h2-8,11,16H,9-10,12H2,1H3,(H2,25,30)(H,27,28,29)/t16-,22-. The monoisotopic (exact) mass is 409 g/mol. The molecule has 1 fully saturated rings. The van der Waals surface area contributed by atoms with E-state index in [0.717, 1.165) is 11.1 Å². The molecule has 4 rings (SSSR count). The van der Waals surface area contributed by atoms with Crippen molar-refractivity contribution < 1.29 is 13.6 Å². The third-order valence-electron chi connectivity index (χ3n) is 5.51. The molecule has 1 aliphatic rings. The van der Waals surface area contributed by atoms with Crippen LogP contribution in [0.4, 0.5) is 14.7 Å². The minimum absolute atomic E-state index is 0.199. The lowest BCUT2D eigenvalue weighted by Crippen LogP contribution is -2.49. The van der Waals surface area contributed by atoms with Crippen molar-refractivity contribution >= 4 is 11.9 Å². The van der Waals surface area contributed by atoms with Gasteiger partial charge in [0.15, 0.2) is 0 Å². The van der Waals surface area contributed by atoms with Crippen molar-refractivity contribution in [3.8, 4) is 11.1 Å². The number of alkyl halides is 1. The number of nitrogens with zero attached hydrogens (tertiary/aromatic N) is 3. The summed E-state index contributed by atoms with van der Waals surface area (Å²) in [6.07, 6.45) is 2.59. The molecule has 1 saturated carbocycles. The molecule has 0 aliphatic heterocycles. The molecule has 0 unspecified atom stereocenters. The summed E-state index contributed by atoms with van der Waals surface area (Å²) in [5.74, 6) is -0.583. The number of carbonyl (C=O) groups excluding carboxylic acids is 1. The van der Waals surface area contributed by atoms with Gasteiger partial charge in [-0.1, -0.05) is 12.1 Å². The Balaban J connectivity index is 1.55. The van der Waals surface area contributed by atoms with Crippen LogP contribution in [0.1, 0.15) is 34.6 Å². The lowest BCUT2D eigenvalue weighted by Gasteiger charge is -2.43. The minimum atomic E-state index is -0.976. The zero-order chi connectivity index (χ0) is 21.3. The van der Waals surface area contributed by atoms with E-state index in [1.807, 2.05) is 13.0 Å². The molecular formula is C22H21F2N5O. The first-order valence-electron chi connectivity index (χ1n) is 9.61. The molecule has 154 valence electrons. The Kier molecular flexibility index (Phi) is 5.15. The van der Waals surface area contributed by atoms with Crippen LogP contribution >= 0.6 is 0 Å². The maximum absolute atomic E-state index is 14.3. The molecule has 2 heterocycles. The number of nitrogens with one attached hydrogen (secondary N) is 1. The second-order valence-electron chi connectivity index (χ2n) is 7.61. The van der Waals surface area contributed by atoms with Crippen LogP contribution in [0.3, 0.4) is 0 Å². The Morgan fingerprint density at radius 1 is 1.27 bits per heavy atom. The fourth-order valence-electron chi connectivity index (χ4n) is 3.91. The van der Waals surface area contributed by atoms with E-state index in [0.29, 0.717) is 17.2 Å². The van der Waals surface area contributed by atoms with Crippen molar-refractivity contribution in [1.29, 1.82) is 0 Å². The molecule has 0 saturated heterocycles. The quantitative estimate of drug-likeness (QED) is 0.649. The second-order valence-corrected chi connectivity index (χ2v) is 7.61. The van der Waals surface area contributed by atoms with E-state index < -0.39 is 23.3 Å². The van der Waals surface area contributed by atoms with Crippen molar-refractivity contribution in [3.63, 3.8) is 0 Å². The van der Waals surface area contributed by atoms with E-state index in [2.05, 4.69) is 20.3 Å². The molecule has 0 bridgehead atoms. The van der Waals surface area contributed by atoms with Gasteiger partial charge in [0, 0.05) is 35.5 Å². The summed E-state index contributed by atoms with van der Waals surface area (Å²) >= 11 is 0. The number of aryl methyl sites for hydroxylation is 1. The van der Waals surface area contributed by atoms with Gasteiger partial charge in [-0.05, 0) is 49.6 Å². The van der Waals surface area contributed by atoms with Crippen molar-refractivity contribution in [2.24, 2.45) is 5.73 Å². The molecule has 6 nitrogen and oxygen atoms in total. The van der Waals surface area contributed by atoms with Crippen LogP contribution < -0.4 is 11.1 Å². The van der Waals surface area contributed by atoms with Gasteiger partial charge < -0.3 is 11.1 Å². The SMILES string of the molecule is Cc1nc(NC[C@]2(c3ncccc3F)C[C@H](F)C2)ncc1-c1cccc(C(N)=O)c1. The van der Waals surface area contributed by atoms with Crippen molar-refractivity contribution in [3.05, 3.63) is 71.6 Å². The summed E-state index contributed by atoms with van der Waals surface area (Å²) in [5, 5.41) is 3.11. The van der Waals surface area contributed by atoms with Gasteiger partial charge in [-0.3, -0.25) is 9.78 Å². The van der Waals surface area contributed by atoms with Crippen LogP contribution in [0, 0.1) is 12.7 Å². The van der Waals surface area contributed by atoms with Crippen LogP contribution in [0.25, 0.3) is 11.1 Å². The first-order chi connectivity index (χ1) is 14.4. The summed E-state index contributed by atoms with van der Waals surface area (Å²) in [6.45, 7) is 2.10. The molecule has 0 radical (unpaired) electrons. The van der Waals surface area contributed by atoms with Gasteiger partial charge >= 0.3 is 0 Å². The molecule has 8 heteroatoms. The number of anilines is 1. The van der Waals surface area contributed by atoms with Gasteiger partial charge in [0.05, 0.1) is 11.4 Å². The number of rotatable bonds is 6. The first-order valence-corrected chi connectivity index (χ1v) is 9.61. The Bertz CT molecular complexity index is 1100. The van der Waals surface area contributed by atoms with Crippen LogP contribution in [0.15, 0.2) is 48.8 Å². The number of hydrogen-bond donors (Lipinski definition) is 2. The van der Waals surface area contributed by atoms with Gasteiger partial charge in [-0.15, -0.1) is 0 Å². The fraction of sp³-hybridized carbons (Fsp3) is 0.273. The summed E-state index contributed by atoms with van der Waals surface area (Å²) in [4.78, 5) is 24.4. The topological polar surface area (TPSA) is 93.8 Å². The number of benzene rings is 1. The highest BCUT2D eigenvalue weighted by Crippen LogP contribution is 2.45. The fourth-order valence-corrected chi connectivity index (χ4v) is 3.91. The van der Waals surface area contributed by atoms with E-state index >= 15 is 0 Å². The van der Waals surface area contributed by atoms with Crippen molar-refractivity contribution in [2.75, 3.05) is 11.9 Å². The van der Waals surface area contributed by atoms with E-state index in [-0.39, 0.29) is 25.1 Å². The number of nitrogens with two attached hydrogens (primary N) is 1. The third-order valence-corrected chi connectivity index (χ3v) is 5.51. The van der Waals surface area contributed by atoms with E-state index in [9.17, 15) is 13.6 Å². The van der Waals surface area contributed by atoms with Gasteiger partial charge in [0.25, 0.3) is 0 Å². The van der Waals surface area contributed by atoms with Crippen molar-refractivity contribution in [2.45, 2.75) is 31.4 Å². The van der Waals surface area contributed by atoms with Gasteiger partial charge in [-0.2, -0.15) is 0 Å². The number of hydrogen-bond acceptors (Lipinski definition) is 5. The Morgan fingerprint density at radius 3 is 2.73 bits per heavy atom. The Labute approximate surface area is 172 Å². The largest absolute Gasteiger partial charge is 0.366 e. The highest BCUT2D eigenvalue weighted by molar-refractivity contribution is 5.94. The van der Waals surface area contributed by atoms with Crippen molar-refractivity contribution in [1.82, 2.24) is 15.0 Å². The average molecular weight is 409 g/mol. The zero-order valence-corrected chi connectivity index (χ0v) is 16.4. The zero-order valence-electron chi connectivity index (χ0n) is 16.4. The maximum Gasteiger partial charge on any atom is 0.248 e. The van der Waals surface area contributed by atoms with Crippen LogP contribution in [0.5, 0.6) is 0 Å². The first kappa shape index (κ1) is 19.9. The van der Waals surface area contributed by atoms with E-state index in [1.54, 1.807) is 24.4 Å². The molecule has 3 aromatic rings. The predicted molar refractivity (Wildman–Crippen MR) is 109 cm³/mol. The molecule has 3 N–H and O–H groups in total. The van der Waals surface area contributed by atoms with Crippen LogP contribution in [0.2, 0.25) is 0 Å². The highest BCUT2D eigenvalue weighted by atomic mass is 19.1. The molecule has 1 amide bonds. The summed E-state index contributed by atoms with van der Waals surface area (Å²) in [6, 6.07) is 9.78. The molecule has 0 spiro atoms. The van der Waals surface area contributed by atoms with Crippen LogP contribution in [-0.2, 0) is 5.41 Å². The smallest absolute Gasteiger partial charge is 0.248 e. The number of pyridine rings is 1. The number of primary amides is 1. The Morgan fingerprint density at radius 2 is 2.07 bits per heavy atom. The number of amides is 1. The van der Waals surface area contributed by atoms with E-state index in [1.165, 1.54) is 18.3 Å². The van der Waals surface area contributed by atoms with Gasteiger partial charge in [-0.25, -0.2) is 18.7 Å². The molecule has 0 atom stereocenters. The maximum atomic E-state index is 14.3. The van der Waals surface area contributed by atoms with Gasteiger partial charge in [0.2, 0.25) is 11.9 Å². The molecule has 1 aliphatic carbocycles. The normalized spacial score (nSPS) is 20.4. The molecule has 1 aromatic carbocycles. The predicted octanol–water partition coefficient (Wildman–Crippen LogP) is 3.57. The molecule has 2 aromatic heterocycles. The van der Waals surface area contributed by atoms with Gasteiger partial charge in [0.1, 0.15) is 12.0 Å². The summed E-state index contributed by atoms with van der Waals surface area (Å²) in [7, 11) is 0. The highest BCUT2D eigenvalue weighted by Gasteiger charge is 2.48. The summed E-state index contributed by atoms with van der Waals surface area (Å²) < 4.78 is 28.0. The van der Waals surface area contributed by atoms with Crippen LogP contribution in [-0.4, -0.2) is 33.6 Å². The molecular weight excluding hydrogens is 388 g/mol. The minimum Gasteiger partial charge on any atom is -0.366 e. The molecule has 30 heavy (non-hydrogen) atoms. The third kappa shape index (κ3) is 3.72. The number of halogens is 2. The lowest BCUT2D eigenvalue weighted by atomic mass is 9.65. The average Bonchev–Trinajstić information content (AvgIpc) is 2.71. The number of aromatic nitrogens is 3. The Hall–Kier alpha value is -3.42.